The molecule has 6 fully saturated rings. The highest BCUT2D eigenvalue weighted by Crippen LogP contribution is 2.68. The van der Waals surface area contributed by atoms with Gasteiger partial charge >= 0.3 is 0 Å². The molecule has 0 nitrogen and oxygen atoms in total. The fourth-order valence-electron chi connectivity index (χ4n) is 7.21. The molecular weight excluding hydrogens is 251 g/mol. The Morgan fingerprint density at radius 2 is 1.05 bits per heavy atom. The fourth-order valence-corrected chi connectivity index (χ4v) is 7.21. The molecule has 4 bridgehead atoms. The van der Waals surface area contributed by atoms with E-state index < -0.39 is 0 Å². The van der Waals surface area contributed by atoms with Crippen molar-refractivity contribution in [1.82, 2.24) is 0 Å². The topological polar surface area (TPSA) is 0 Å². The average molecular weight is 285 g/mol. The van der Waals surface area contributed by atoms with Crippen molar-refractivity contribution in [3.8, 4) is 0 Å². The molecule has 0 spiro atoms. The first-order chi connectivity index (χ1) is 9.73. The van der Waals surface area contributed by atoms with Crippen LogP contribution in [0.25, 0.3) is 0 Å². The Hall–Kier alpha value is 0.0649. The van der Waals surface area contributed by atoms with Gasteiger partial charge in [0.15, 0.2) is 0 Å². The van der Waals surface area contributed by atoms with E-state index in [4.69, 9.17) is 0 Å². The summed E-state index contributed by atoms with van der Waals surface area (Å²) in [5.74, 6) is 7.76. The van der Waals surface area contributed by atoms with E-state index in [9.17, 15) is 0 Å². The van der Waals surface area contributed by atoms with Gasteiger partial charge in [-0.1, -0.05) is 66.0 Å². The highest BCUT2D eigenvalue weighted by atomic mass is 14.6. The first kappa shape index (κ1) is 14.6. The Labute approximate surface area is 133 Å². The van der Waals surface area contributed by atoms with Gasteiger partial charge in [0.2, 0.25) is 0 Å². The second kappa shape index (κ2) is 4.32. The number of rotatable bonds is 2. The predicted octanol–water partition coefficient (Wildman–Crippen LogP) is 5.67. The summed E-state index contributed by atoms with van der Waals surface area (Å²) in [4.78, 5) is 0. The first-order valence-electron chi connectivity index (χ1n) is 9.58. The van der Waals surface area contributed by atoms with Crippen molar-refractivity contribution in [3.63, 3.8) is 0 Å². The molecule has 0 aromatic rings. The zero-order valence-corrected chi connectivity index (χ0v) is 15.0. The SMILES string of the molecule is C[C@@H]1[C@@H]([B][C@H]2C[C@@H]3C[C@H]([C@@H]2C)C3(C)C)C[C@@H]2C[C@@H]1C2(C)C. The zero-order chi connectivity index (χ0) is 15.2. The summed E-state index contributed by atoms with van der Waals surface area (Å²) in [6, 6.07) is 0. The van der Waals surface area contributed by atoms with Gasteiger partial charge in [-0.15, -0.1) is 0 Å². The third-order valence-electron chi connectivity index (χ3n) is 9.32. The maximum Gasteiger partial charge on any atom is 0.118 e. The molecule has 6 aliphatic rings. The van der Waals surface area contributed by atoms with Crippen LogP contribution < -0.4 is 0 Å². The molecule has 0 amide bonds. The van der Waals surface area contributed by atoms with Crippen molar-refractivity contribution in [2.24, 2.45) is 46.3 Å². The lowest BCUT2D eigenvalue weighted by molar-refractivity contribution is -0.106. The van der Waals surface area contributed by atoms with E-state index in [1.165, 1.54) is 25.7 Å². The monoisotopic (exact) mass is 285 g/mol. The normalized spacial score (nSPS) is 56.1. The maximum atomic E-state index is 2.86. The molecule has 8 atom stereocenters. The van der Waals surface area contributed by atoms with Crippen molar-refractivity contribution in [2.75, 3.05) is 0 Å². The molecule has 1 heteroatoms. The third-order valence-corrected chi connectivity index (χ3v) is 9.32. The van der Waals surface area contributed by atoms with Gasteiger partial charge in [0.1, 0.15) is 7.28 Å². The second-order valence-corrected chi connectivity index (χ2v) is 10.4. The summed E-state index contributed by atoms with van der Waals surface area (Å²) in [5.41, 5.74) is 1.29. The third kappa shape index (κ3) is 1.81. The highest BCUT2D eigenvalue weighted by molar-refractivity contribution is 6.40. The molecule has 0 N–H and O–H groups in total. The summed E-state index contributed by atoms with van der Waals surface area (Å²) in [7, 11) is 2.86. The molecule has 6 saturated carbocycles. The van der Waals surface area contributed by atoms with Crippen LogP contribution in [0.5, 0.6) is 0 Å². The van der Waals surface area contributed by atoms with E-state index in [2.05, 4.69) is 48.8 Å². The van der Waals surface area contributed by atoms with Crippen LogP contribution in [0.4, 0.5) is 0 Å². The zero-order valence-electron chi connectivity index (χ0n) is 15.0. The van der Waals surface area contributed by atoms with Gasteiger partial charge in [-0.2, -0.15) is 0 Å². The molecule has 0 aliphatic heterocycles. The predicted molar refractivity (Wildman–Crippen MR) is 91.6 cm³/mol. The Kier molecular flexibility index (Phi) is 3.02. The van der Waals surface area contributed by atoms with E-state index in [1.807, 2.05) is 0 Å². The molecule has 0 saturated heterocycles. The number of hydrogen-bond acceptors (Lipinski definition) is 0. The Bertz CT molecular complexity index is 397. The minimum absolute atomic E-state index is 0.645. The van der Waals surface area contributed by atoms with Gasteiger partial charge in [-0.3, -0.25) is 0 Å². The molecule has 1 radical (unpaired) electrons. The van der Waals surface area contributed by atoms with Crippen LogP contribution in [0.2, 0.25) is 11.6 Å². The van der Waals surface area contributed by atoms with Crippen LogP contribution in [-0.4, -0.2) is 7.28 Å². The summed E-state index contributed by atoms with van der Waals surface area (Å²) in [5, 5.41) is 0. The van der Waals surface area contributed by atoms with Crippen molar-refractivity contribution < 1.29 is 0 Å². The van der Waals surface area contributed by atoms with Gasteiger partial charge < -0.3 is 0 Å². The van der Waals surface area contributed by atoms with Crippen LogP contribution in [0.3, 0.4) is 0 Å². The minimum atomic E-state index is 0.645. The van der Waals surface area contributed by atoms with Crippen LogP contribution in [-0.2, 0) is 0 Å². The van der Waals surface area contributed by atoms with Gasteiger partial charge in [0, 0.05) is 0 Å². The molecule has 0 heterocycles. The fraction of sp³-hybridized carbons (Fsp3) is 1.00. The van der Waals surface area contributed by atoms with E-state index in [1.54, 1.807) is 0 Å². The molecule has 0 unspecified atom stereocenters. The van der Waals surface area contributed by atoms with Gasteiger partial charge in [0.05, 0.1) is 0 Å². The Morgan fingerprint density at radius 1 is 0.667 bits per heavy atom. The van der Waals surface area contributed by atoms with E-state index >= 15 is 0 Å². The largest absolute Gasteiger partial charge is 0.118 e. The van der Waals surface area contributed by atoms with Gasteiger partial charge in [-0.25, -0.2) is 0 Å². The lowest BCUT2D eigenvalue weighted by Gasteiger charge is -2.65. The summed E-state index contributed by atoms with van der Waals surface area (Å²) >= 11 is 0. The highest BCUT2D eigenvalue weighted by Gasteiger charge is 2.59. The molecule has 6 aliphatic carbocycles. The standard InChI is InChI=1S/C20H34B/c1-11-15-7-13(19(15,3)4)9-17(11)21-18-10-14-8-16(12(18)2)20(14,5)6/h11-18H,7-10H2,1-6H3/t11-,12-,13-,14-,15-,16+,17-,18-/m0/s1. The van der Waals surface area contributed by atoms with Crippen molar-refractivity contribution in [3.05, 3.63) is 0 Å². The second-order valence-electron chi connectivity index (χ2n) is 10.4. The Balaban J connectivity index is 1.42. The van der Waals surface area contributed by atoms with E-state index in [-0.39, 0.29) is 0 Å². The smallest absolute Gasteiger partial charge is 0.0655 e. The molecule has 21 heavy (non-hydrogen) atoms. The quantitative estimate of drug-likeness (QED) is 0.573. The molecular formula is C20H34B. The number of hydrogen-bond donors (Lipinski definition) is 0. The summed E-state index contributed by atoms with van der Waals surface area (Å²) in [6.07, 6.45) is 6.03. The average Bonchev–Trinajstić information content (AvgIpc) is 2.41. The van der Waals surface area contributed by atoms with Crippen LogP contribution in [0, 0.1) is 46.3 Å². The summed E-state index contributed by atoms with van der Waals surface area (Å²) < 4.78 is 0. The van der Waals surface area contributed by atoms with E-state index in [0.29, 0.717) is 10.8 Å². The summed E-state index contributed by atoms with van der Waals surface area (Å²) in [6.45, 7) is 15.2. The molecule has 117 valence electrons. The van der Waals surface area contributed by atoms with E-state index in [0.717, 1.165) is 47.1 Å². The van der Waals surface area contributed by atoms with Crippen molar-refractivity contribution in [1.29, 1.82) is 0 Å². The first-order valence-corrected chi connectivity index (χ1v) is 9.58. The van der Waals surface area contributed by atoms with Crippen LogP contribution in [0.1, 0.15) is 67.2 Å². The minimum Gasteiger partial charge on any atom is -0.0655 e. The number of fused-ring (bicyclic) bond motifs is 4. The maximum absolute atomic E-state index is 2.86. The molecule has 6 rings (SSSR count). The van der Waals surface area contributed by atoms with Crippen molar-refractivity contribution in [2.45, 2.75) is 78.9 Å². The lowest BCUT2D eigenvalue weighted by atomic mass is 9.31. The van der Waals surface area contributed by atoms with Crippen LogP contribution >= 0.6 is 0 Å². The lowest BCUT2D eigenvalue weighted by Crippen LogP contribution is -2.57. The van der Waals surface area contributed by atoms with Crippen LogP contribution in [0.15, 0.2) is 0 Å². The van der Waals surface area contributed by atoms with Gasteiger partial charge in [0.25, 0.3) is 0 Å². The Morgan fingerprint density at radius 3 is 1.33 bits per heavy atom. The van der Waals surface area contributed by atoms with Crippen molar-refractivity contribution >= 4 is 7.28 Å². The molecule has 0 aromatic carbocycles. The molecule has 0 aromatic heterocycles. The van der Waals surface area contributed by atoms with Gasteiger partial charge in [-0.05, 0) is 59.2 Å².